The molecule has 1 rings (SSSR count). The molecule has 0 bridgehead atoms. The van der Waals surface area contributed by atoms with Gasteiger partial charge >= 0.3 is 11.9 Å². The van der Waals surface area contributed by atoms with Crippen LogP contribution in [0.4, 0.5) is 0 Å². The Morgan fingerprint density at radius 2 is 1.23 bits per heavy atom. The van der Waals surface area contributed by atoms with E-state index in [4.69, 9.17) is 10.2 Å². The summed E-state index contributed by atoms with van der Waals surface area (Å²) in [6.45, 7) is 0. The van der Waals surface area contributed by atoms with E-state index in [1.54, 1.807) is 0 Å². The van der Waals surface area contributed by atoms with Gasteiger partial charge in [0.1, 0.15) is 0 Å². The van der Waals surface area contributed by atoms with Crippen molar-refractivity contribution in [2.24, 2.45) is 0 Å². The molecule has 0 aromatic heterocycles. The average molecular weight is 325 g/mol. The van der Waals surface area contributed by atoms with Crippen molar-refractivity contribution in [3.63, 3.8) is 0 Å². The van der Waals surface area contributed by atoms with Gasteiger partial charge in [0.2, 0.25) is 0 Å². The smallest absolute Gasteiger partial charge is 0.336 e. The van der Waals surface area contributed by atoms with Crippen LogP contribution >= 0.6 is 0 Å². The molecule has 0 saturated carbocycles. The largest absolute Gasteiger partial charge is 0.478 e. The van der Waals surface area contributed by atoms with Crippen LogP contribution in [0.15, 0.2) is 24.3 Å². The molecule has 0 fully saturated rings. The number of carboxylic acids is 2. The number of aromatic carboxylic acids is 2. The van der Waals surface area contributed by atoms with E-state index in [-0.39, 0.29) is 49.7 Å². The molecule has 0 amide bonds. The van der Waals surface area contributed by atoms with Crippen molar-refractivity contribution >= 4 is 11.9 Å². The molecule has 2 N–H and O–H groups in total. The van der Waals surface area contributed by atoms with Crippen molar-refractivity contribution in [3.05, 3.63) is 35.4 Å². The van der Waals surface area contributed by atoms with Gasteiger partial charge in [0, 0.05) is 38.6 Å². The fourth-order valence-corrected chi connectivity index (χ4v) is 0.856. The molecule has 0 aliphatic heterocycles. The van der Waals surface area contributed by atoms with Crippen LogP contribution in [-0.2, 0) is 0 Å². The minimum Gasteiger partial charge on any atom is -0.478 e. The summed E-state index contributed by atoms with van der Waals surface area (Å²) in [5.74, 6) is -2.46. The summed E-state index contributed by atoms with van der Waals surface area (Å²) in [5.41, 5.74) is -0.380. The summed E-state index contributed by atoms with van der Waals surface area (Å²) in [5, 5.41) is 17.1. The Balaban J connectivity index is 0.00000144. The van der Waals surface area contributed by atoms with Gasteiger partial charge in [-0.2, -0.15) is 0 Å². The van der Waals surface area contributed by atoms with Crippen molar-refractivity contribution < 1.29 is 58.4 Å². The molecule has 0 aliphatic rings. The Kier molecular flexibility index (Phi) is 5.01. The first-order valence-corrected chi connectivity index (χ1v) is 3.18. The van der Waals surface area contributed by atoms with Gasteiger partial charge in [-0.25, -0.2) is 9.59 Å². The third-order valence-corrected chi connectivity index (χ3v) is 1.39. The number of rotatable bonds is 2. The first kappa shape index (κ1) is 12.4. The number of carboxylic acid groups (broad SMARTS) is 2. The molecule has 0 spiro atoms. The molecular weight excluding hydrogens is 319 g/mol. The van der Waals surface area contributed by atoms with Crippen LogP contribution in [0.5, 0.6) is 0 Å². The standard InChI is InChI=1S/C8H6O4.Tb/c9-7(10)5-3-1-2-4-6(5)8(11)12;/h1-4H,(H,9,10)(H,11,12);. The molecule has 71 valence electrons. The molecule has 5 heteroatoms. The Morgan fingerprint density at radius 1 is 0.923 bits per heavy atom. The third-order valence-electron chi connectivity index (χ3n) is 1.39. The van der Waals surface area contributed by atoms with Gasteiger partial charge in [-0.3, -0.25) is 0 Å². The molecule has 0 aliphatic carbocycles. The molecule has 1 aromatic rings. The van der Waals surface area contributed by atoms with Gasteiger partial charge in [-0.05, 0) is 12.1 Å². The second-order valence-electron chi connectivity index (χ2n) is 2.16. The van der Waals surface area contributed by atoms with Crippen LogP contribution in [0.1, 0.15) is 20.7 Å². The van der Waals surface area contributed by atoms with E-state index in [0.717, 1.165) is 0 Å². The van der Waals surface area contributed by atoms with Crippen LogP contribution in [-0.4, -0.2) is 22.2 Å². The van der Waals surface area contributed by atoms with Crippen molar-refractivity contribution in [3.8, 4) is 0 Å². The Hall–Kier alpha value is -0.554. The minimum atomic E-state index is -1.23. The summed E-state index contributed by atoms with van der Waals surface area (Å²) >= 11 is 0. The van der Waals surface area contributed by atoms with Gasteiger partial charge in [0.25, 0.3) is 0 Å². The molecule has 4 nitrogen and oxygen atoms in total. The van der Waals surface area contributed by atoms with Crippen LogP contribution in [0.2, 0.25) is 0 Å². The second kappa shape index (κ2) is 5.23. The van der Waals surface area contributed by atoms with Crippen LogP contribution in [0.25, 0.3) is 0 Å². The second-order valence-corrected chi connectivity index (χ2v) is 2.16. The van der Waals surface area contributed by atoms with Crippen molar-refractivity contribution in [1.29, 1.82) is 0 Å². The van der Waals surface area contributed by atoms with Gasteiger partial charge in [0.05, 0.1) is 11.1 Å². The number of benzene rings is 1. The maximum Gasteiger partial charge on any atom is 0.336 e. The fraction of sp³-hybridized carbons (Fsp3) is 0. The molecule has 0 heterocycles. The maximum atomic E-state index is 10.5. The molecule has 13 heavy (non-hydrogen) atoms. The molecule has 0 atom stereocenters. The van der Waals surface area contributed by atoms with E-state index in [0.29, 0.717) is 0 Å². The normalized spacial score (nSPS) is 8.62. The molecule has 1 radical (unpaired) electrons. The Morgan fingerprint density at radius 3 is 1.46 bits per heavy atom. The molecule has 0 saturated heterocycles. The van der Waals surface area contributed by atoms with Gasteiger partial charge in [-0.15, -0.1) is 0 Å². The number of hydrogen-bond donors (Lipinski definition) is 2. The summed E-state index contributed by atoms with van der Waals surface area (Å²) in [6, 6.07) is 5.48. The van der Waals surface area contributed by atoms with Crippen LogP contribution in [0.3, 0.4) is 0 Å². The first-order chi connectivity index (χ1) is 5.63. The van der Waals surface area contributed by atoms with Crippen molar-refractivity contribution in [1.82, 2.24) is 0 Å². The topological polar surface area (TPSA) is 74.6 Å². The van der Waals surface area contributed by atoms with E-state index in [1.165, 1.54) is 24.3 Å². The Bertz CT molecular complexity index is 302. The summed E-state index contributed by atoms with van der Waals surface area (Å²) in [7, 11) is 0. The average Bonchev–Trinajstić information content (AvgIpc) is 2.04. The van der Waals surface area contributed by atoms with Crippen molar-refractivity contribution in [2.45, 2.75) is 0 Å². The quantitative estimate of drug-likeness (QED) is 0.853. The Labute approximate surface area is 105 Å². The van der Waals surface area contributed by atoms with Crippen LogP contribution < -0.4 is 0 Å². The number of carbonyl (C=O) groups is 2. The minimum absolute atomic E-state index is 0. The van der Waals surface area contributed by atoms with Gasteiger partial charge in [-0.1, -0.05) is 12.1 Å². The van der Waals surface area contributed by atoms with Crippen molar-refractivity contribution in [2.75, 3.05) is 0 Å². The van der Waals surface area contributed by atoms with Crippen LogP contribution in [0, 0.1) is 38.6 Å². The van der Waals surface area contributed by atoms with E-state index in [1.807, 2.05) is 0 Å². The van der Waals surface area contributed by atoms with Gasteiger partial charge in [0.15, 0.2) is 0 Å². The fourth-order valence-electron chi connectivity index (χ4n) is 0.856. The monoisotopic (exact) mass is 325 g/mol. The van der Waals surface area contributed by atoms with E-state index >= 15 is 0 Å². The molecular formula is C8H6O4Tb. The zero-order valence-electron chi connectivity index (χ0n) is 6.35. The number of hydrogen-bond acceptors (Lipinski definition) is 2. The van der Waals surface area contributed by atoms with E-state index in [2.05, 4.69) is 0 Å². The third kappa shape index (κ3) is 3.00. The zero-order valence-corrected chi connectivity index (χ0v) is 8.49. The zero-order chi connectivity index (χ0) is 9.14. The maximum absolute atomic E-state index is 10.5. The van der Waals surface area contributed by atoms with E-state index < -0.39 is 11.9 Å². The molecule has 1 aromatic carbocycles. The summed E-state index contributed by atoms with van der Waals surface area (Å²) < 4.78 is 0. The van der Waals surface area contributed by atoms with Gasteiger partial charge < -0.3 is 10.2 Å². The SMILES string of the molecule is O=C(O)c1ccccc1C(=O)O.[Tb]. The first-order valence-electron chi connectivity index (χ1n) is 3.18. The predicted molar refractivity (Wildman–Crippen MR) is 40.4 cm³/mol. The summed E-state index contributed by atoms with van der Waals surface area (Å²) in [6.07, 6.45) is 0. The molecule has 0 unspecified atom stereocenters. The van der Waals surface area contributed by atoms with E-state index in [9.17, 15) is 9.59 Å². The summed E-state index contributed by atoms with van der Waals surface area (Å²) in [4.78, 5) is 20.9. The predicted octanol–water partition coefficient (Wildman–Crippen LogP) is 1.08.